The molecule has 2 unspecified atom stereocenters. The predicted octanol–water partition coefficient (Wildman–Crippen LogP) is 9.92. The number of aryl methyl sites for hydroxylation is 2. The average Bonchev–Trinajstić information content (AvgIpc) is 3.13. The fourth-order valence-corrected chi connectivity index (χ4v) is 6.89. The lowest BCUT2D eigenvalue weighted by atomic mass is 9.70. The number of hydrogen-bond donors (Lipinski definition) is 0. The second-order valence-electron chi connectivity index (χ2n) is 12.4. The van der Waals surface area contributed by atoms with Gasteiger partial charge in [0, 0.05) is 5.92 Å². The van der Waals surface area contributed by atoms with Gasteiger partial charge in [-0.1, -0.05) is 78.7 Å². The van der Waals surface area contributed by atoms with Crippen LogP contribution in [0, 0.1) is 76.4 Å². The van der Waals surface area contributed by atoms with Crippen molar-refractivity contribution in [2.24, 2.45) is 5.92 Å². The van der Waals surface area contributed by atoms with Crippen LogP contribution >= 0.6 is 0 Å². The Morgan fingerprint density at radius 1 is 0.469 bits per heavy atom. The third-order valence-corrected chi connectivity index (χ3v) is 9.02. The molecule has 1 aliphatic rings. The van der Waals surface area contributed by atoms with Crippen molar-refractivity contribution in [3.8, 4) is 52.6 Å². The molecule has 0 saturated carbocycles. The number of nitriles is 5. The Labute approximate surface area is 286 Å². The van der Waals surface area contributed by atoms with Crippen LogP contribution in [0.1, 0.15) is 62.9 Å². The van der Waals surface area contributed by atoms with Crippen molar-refractivity contribution in [2.75, 3.05) is 0 Å². The van der Waals surface area contributed by atoms with Gasteiger partial charge in [-0.2, -0.15) is 26.3 Å². The Bertz CT molecular complexity index is 2360. The molecule has 5 heteroatoms. The molecule has 0 fully saturated rings. The van der Waals surface area contributed by atoms with Crippen LogP contribution in [-0.4, -0.2) is 0 Å². The SMILES string of the molecule is Cc1cc(C)cc(C2C=C(c3cccc(-c4cc(C#N)cc(C#N)c4)c3)C(C#N)=C(c3cccc(-c4cc(C#N)cc(C#N)c4)c3)C2C)c1. The second-order valence-corrected chi connectivity index (χ2v) is 12.4. The molecule has 0 heterocycles. The van der Waals surface area contributed by atoms with E-state index in [-0.39, 0.29) is 11.8 Å². The van der Waals surface area contributed by atoms with E-state index in [4.69, 9.17) is 0 Å². The van der Waals surface area contributed by atoms with Crippen LogP contribution in [0.15, 0.2) is 115 Å². The largest absolute Gasteiger partial charge is 0.192 e. The van der Waals surface area contributed by atoms with E-state index in [9.17, 15) is 26.3 Å². The highest BCUT2D eigenvalue weighted by molar-refractivity contribution is 5.97. The Morgan fingerprint density at radius 2 is 0.918 bits per heavy atom. The first-order chi connectivity index (χ1) is 23.7. The van der Waals surface area contributed by atoms with Crippen LogP contribution < -0.4 is 0 Å². The van der Waals surface area contributed by atoms with E-state index in [2.05, 4.69) is 75.4 Å². The molecule has 6 rings (SSSR count). The number of hydrogen-bond acceptors (Lipinski definition) is 5. The van der Waals surface area contributed by atoms with Crippen molar-refractivity contribution < 1.29 is 0 Å². The molecule has 0 amide bonds. The standard InChI is InChI=1S/C44H29N5/c1-27-10-28(2)12-40(11-27)41-21-42(36-8-4-6-34(19-36)38-15-30(22-45)13-31(16-38)23-46)43(26-49)44(29(41)3)37-9-5-7-35(20-37)39-17-32(24-47)14-33(18-39)25-48/h4-21,29,41H,1-3H3. The van der Waals surface area contributed by atoms with Crippen molar-refractivity contribution in [2.45, 2.75) is 26.7 Å². The summed E-state index contributed by atoms with van der Waals surface area (Å²) in [6.07, 6.45) is 2.20. The molecule has 1 aliphatic carbocycles. The van der Waals surface area contributed by atoms with Crippen molar-refractivity contribution in [3.63, 3.8) is 0 Å². The summed E-state index contributed by atoms with van der Waals surface area (Å²) >= 11 is 0. The monoisotopic (exact) mass is 627 g/mol. The van der Waals surface area contributed by atoms with Crippen molar-refractivity contribution in [1.82, 2.24) is 0 Å². The highest BCUT2D eigenvalue weighted by Gasteiger charge is 2.32. The predicted molar refractivity (Wildman–Crippen MR) is 191 cm³/mol. The normalized spacial score (nSPS) is 15.2. The van der Waals surface area contributed by atoms with E-state index in [1.165, 1.54) is 0 Å². The van der Waals surface area contributed by atoms with E-state index in [0.29, 0.717) is 27.8 Å². The van der Waals surface area contributed by atoms with Gasteiger partial charge in [0.2, 0.25) is 0 Å². The molecule has 5 aromatic carbocycles. The molecule has 0 saturated heterocycles. The van der Waals surface area contributed by atoms with Gasteiger partial charge in [0.05, 0.1) is 52.1 Å². The van der Waals surface area contributed by atoms with E-state index in [1.807, 2.05) is 48.5 Å². The average molecular weight is 628 g/mol. The van der Waals surface area contributed by atoms with Gasteiger partial charge in [0.25, 0.3) is 0 Å². The number of allylic oxidation sites excluding steroid dienone is 4. The minimum absolute atomic E-state index is 0.0489. The lowest BCUT2D eigenvalue weighted by Crippen LogP contribution is -2.17. The van der Waals surface area contributed by atoms with Gasteiger partial charge in [-0.15, -0.1) is 0 Å². The van der Waals surface area contributed by atoms with Gasteiger partial charge in [-0.3, -0.25) is 0 Å². The van der Waals surface area contributed by atoms with Gasteiger partial charge in [0.1, 0.15) is 6.07 Å². The molecule has 49 heavy (non-hydrogen) atoms. The summed E-state index contributed by atoms with van der Waals surface area (Å²) in [6.45, 7) is 6.34. The Morgan fingerprint density at radius 3 is 1.39 bits per heavy atom. The fraction of sp³-hybridized carbons (Fsp3) is 0.114. The number of nitrogens with zero attached hydrogens (tertiary/aromatic N) is 5. The van der Waals surface area contributed by atoms with Gasteiger partial charge < -0.3 is 0 Å². The molecule has 5 nitrogen and oxygen atoms in total. The maximum absolute atomic E-state index is 10.9. The summed E-state index contributed by atoms with van der Waals surface area (Å²) < 4.78 is 0. The lowest BCUT2D eigenvalue weighted by Gasteiger charge is -2.32. The first-order valence-corrected chi connectivity index (χ1v) is 15.8. The van der Waals surface area contributed by atoms with E-state index in [1.54, 1.807) is 36.4 Å². The Balaban J connectivity index is 1.57. The summed E-state index contributed by atoms with van der Waals surface area (Å²) in [4.78, 5) is 0. The van der Waals surface area contributed by atoms with Gasteiger partial charge >= 0.3 is 0 Å². The van der Waals surface area contributed by atoms with Crippen LogP contribution in [0.4, 0.5) is 0 Å². The van der Waals surface area contributed by atoms with Crippen molar-refractivity contribution >= 4 is 11.1 Å². The molecular formula is C44H29N5. The topological polar surface area (TPSA) is 119 Å². The van der Waals surface area contributed by atoms with Crippen molar-refractivity contribution in [3.05, 3.63) is 165 Å². The molecule has 0 radical (unpaired) electrons. The minimum atomic E-state index is -0.0661. The molecule has 0 spiro atoms. The zero-order valence-electron chi connectivity index (χ0n) is 27.3. The number of rotatable bonds is 5. The summed E-state index contributed by atoms with van der Waals surface area (Å²) in [5, 5.41) is 49.3. The smallest absolute Gasteiger partial charge is 0.100 e. The highest BCUT2D eigenvalue weighted by atomic mass is 14.4. The summed E-state index contributed by atoms with van der Waals surface area (Å²) in [7, 11) is 0. The molecule has 5 aromatic rings. The molecule has 230 valence electrons. The number of benzene rings is 5. The van der Waals surface area contributed by atoms with Gasteiger partial charge in [0.15, 0.2) is 0 Å². The van der Waals surface area contributed by atoms with Crippen LogP contribution in [-0.2, 0) is 0 Å². The lowest BCUT2D eigenvalue weighted by molar-refractivity contribution is 0.652. The summed E-state index contributed by atoms with van der Waals surface area (Å²) in [5.74, 6) is -0.115. The molecular weight excluding hydrogens is 599 g/mol. The Kier molecular flexibility index (Phi) is 8.75. The van der Waals surface area contributed by atoms with E-state index >= 15 is 0 Å². The third kappa shape index (κ3) is 6.37. The van der Waals surface area contributed by atoms with Gasteiger partial charge in [-0.25, -0.2) is 0 Å². The zero-order valence-corrected chi connectivity index (χ0v) is 27.3. The zero-order chi connectivity index (χ0) is 34.7. The molecule has 0 bridgehead atoms. The first kappa shape index (κ1) is 32.0. The van der Waals surface area contributed by atoms with Crippen LogP contribution in [0.5, 0.6) is 0 Å². The van der Waals surface area contributed by atoms with E-state index in [0.717, 1.165) is 61.2 Å². The third-order valence-electron chi connectivity index (χ3n) is 9.02. The molecule has 0 aliphatic heterocycles. The summed E-state index contributed by atoms with van der Waals surface area (Å²) in [5.41, 5.74) is 12.3. The van der Waals surface area contributed by atoms with E-state index < -0.39 is 0 Å². The fourth-order valence-electron chi connectivity index (χ4n) is 6.89. The minimum Gasteiger partial charge on any atom is -0.192 e. The van der Waals surface area contributed by atoms with Crippen molar-refractivity contribution in [1.29, 1.82) is 26.3 Å². The highest BCUT2D eigenvalue weighted by Crippen LogP contribution is 2.48. The first-order valence-electron chi connectivity index (χ1n) is 15.8. The maximum Gasteiger partial charge on any atom is 0.100 e. The molecule has 2 atom stereocenters. The van der Waals surface area contributed by atoms with Gasteiger partial charge in [-0.05, 0) is 118 Å². The van der Waals surface area contributed by atoms with Crippen LogP contribution in [0.3, 0.4) is 0 Å². The summed E-state index contributed by atoms with van der Waals surface area (Å²) in [6, 6.07) is 43.8. The Hall–Kier alpha value is -6.97. The molecule has 0 aromatic heterocycles. The van der Waals surface area contributed by atoms with Crippen LogP contribution in [0.2, 0.25) is 0 Å². The molecule has 0 N–H and O–H groups in total. The maximum atomic E-state index is 10.9. The quantitative estimate of drug-likeness (QED) is 0.192. The van der Waals surface area contributed by atoms with Crippen LogP contribution in [0.25, 0.3) is 33.4 Å². The second kappa shape index (κ2) is 13.4.